The molecule has 0 unspecified atom stereocenters. The summed E-state index contributed by atoms with van der Waals surface area (Å²) in [5, 5.41) is 3.62. The molecule has 0 amide bonds. The Morgan fingerprint density at radius 3 is 2.53 bits per heavy atom. The van der Waals surface area contributed by atoms with Gasteiger partial charge in [-0.1, -0.05) is 38.1 Å². The molecule has 1 aliphatic rings. The molecule has 0 saturated carbocycles. The van der Waals surface area contributed by atoms with Gasteiger partial charge in [-0.05, 0) is 50.4 Å². The molecule has 2 heteroatoms. The van der Waals surface area contributed by atoms with Gasteiger partial charge in [0.1, 0.15) is 0 Å². The minimum Gasteiger partial charge on any atom is -0.310 e. The maximum Gasteiger partial charge on any atom is 0.0252 e. The van der Waals surface area contributed by atoms with Crippen molar-refractivity contribution in [3.63, 3.8) is 0 Å². The van der Waals surface area contributed by atoms with Gasteiger partial charge in [0.05, 0.1) is 0 Å². The van der Waals surface area contributed by atoms with Crippen molar-refractivity contribution in [3.05, 3.63) is 35.4 Å². The van der Waals surface area contributed by atoms with E-state index >= 15 is 0 Å². The van der Waals surface area contributed by atoms with E-state index < -0.39 is 0 Å². The summed E-state index contributed by atoms with van der Waals surface area (Å²) in [5.74, 6) is 0.621. The highest BCUT2D eigenvalue weighted by atomic mass is 15.2. The molecule has 2 nitrogen and oxygen atoms in total. The molecule has 0 radical (unpaired) electrons. The average molecular weight is 260 g/mol. The Bertz CT molecular complexity index is 392. The van der Waals surface area contributed by atoms with E-state index in [-0.39, 0.29) is 5.54 Å². The molecule has 0 bridgehead atoms. The zero-order valence-corrected chi connectivity index (χ0v) is 12.9. The molecule has 1 heterocycles. The Morgan fingerprint density at radius 2 is 1.89 bits per heavy atom. The Kier molecular flexibility index (Phi) is 4.64. The zero-order chi connectivity index (χ0) is 13.9. The van der Waals surface area contributed by atoms with Crippen LogP contribution in [0.25, 0.3) is 0 Å². The highest BCUT2D eigenvalue weighted by molar-refractivity contribution is 5.24. The van der Waals surface area contributed by atoms with Gasteiger partial charge in [0.25, 0.3) is 0 Å². The van der Waals surface area contributed by atoms with Crippen LogP contribution in [0.5, 0.6) is 0 Å². The zero-order valence-electron chi connectivity index (χ0n) is 12.9. The van der Waals surface area contributed by atoms with Crippen LogP contribution in [0.15, 0.2) is 24.3 Å². The van der Waals surface area contributed by atoms with Crippen LogP contribution in [0.2, 0.25) is 0 Å². The first-order chi connectivity index (χ1) is 8.96. The van der Waals surface area contributed by atoms with Gasteiger partial charge >= 0.3 is 0 Å². The average Bonchev–Trinajstić information content (AvgIpc) is 2.50. The van der Waals surface area contributed by atoms with Crippen molar-refractivity contribution in [3.8, 4) is 0 Å². The summed E-state index contributed by atoms with van der Waals surface area (Å²) in [5.41, 5.74) is 3.10. The van der Waals surface area contributed by atoms with Crippen LogP contribution < -0.4 is 5.32 Å². The molecule has 1 fully saturated rings. The second-order valence-electron chi connectivity index (χ2n) is 6.77. The van der Waals surface area contributed by atoms with Crippen LogP contribution in [0.4, 0.5) is 0 Å². The van der Waals surface area contributed by atoms with Crippen molar-refractivity contribution in [1.29, 1.82) is 0 Å². The summed E-state index contributed by atoms with van der Waals surface area (Å²) in [6.45, 7) is 13.6. The van der Waals surface area contributed by atoms with Gasteiger partial charge in [-0.25, -0.2) is 0 Å². The number of nitrogens with one attached hydrogen (secondary N) is 1. The smallest absolute Gasteiger partial charge is 0.0252 e. The SMILES string of the molecule is CC(C)c1ccc(CN2CCCNC(C)(C)C2)cc1. The Labute approximate surface area is 118 Å². The largest absolute Gasteiger partial charge is 0.310 e. The molecule has 2 rings (SSSR count). The number of benzene rings is 1. The Balaban J connectivity index is 1.99. The second kappa shape index (κ2) is 6.06. The van der Waals surface area contributed by atoms with Gasteiger partial charge in [0.15, 0.2) is 0 Å². The first kappa shape index (κ1) is 14.5. The fourth-order valence-electron chi connectivity index (χ4n) is 2.82. The van der Waals surface area contributed by atoms with Crippen LogP contribution in [0, 0.1) is 0 Å². The second-order valence-corrected chi connectivity index (χ2v) is 6.77. The predicted octanol–water partition coefficient (Wildman–Crippen LogP) is 3.38. The third kappa shape index (κ3) is 4.32. The normalized spacial score (nSPS) is 20.5. The summed E-state index contributed by atoms with van der Waals surface area (Å²) in [6, 6.07) is 9.14. The maximum absolute atomic E-state index is 3.62. The van der Waals surface area contributed by atoms with Crippen molar-refractivity contribution in [2.45, 2.75) is 52.1 Å². The van der Waals surface area contributed by atoms with Crippen molar-refractivity contribution >= 4 is 0 Å². The van der Waals surface area contributed by atoms with Crippen molar-refractivity contribution in [2.24, 2.45) is 0 Å². The van der Waals surface area contributed by atoms with Crippen LogP contribution in [0.3, 0.4) is 0 Å². The fraction of sp³-hybridized carbons (Fsp3) is 0.647. The third-order valence-corrected chi connectivity index (χ3v) is 3.93. The van der Waals surface area contributed by atoms with Crippen molar-refractivity contribution in [1.82, 2.24) is 10.2 Å². The topological polar surface area (TPSA) is 15.3 Å². The number of hydrogen-bond donors (Lipinski definition) is 1. The molecule has 19 heavy (non-hydrogen) atoms. The van der Waals surface area contributed by atoms with Crippen molar-refractivity contribution in [2.75, 3.05) is 19.6 Å². The summed E-state index contributed by atoms with van der Waals surface area (Å²) < 4.78 is 0. The van der Waals surface area contributed by atoms with E-state index in [1.807, 2.05) is 0 Å². The molecule has 1 aromatic rings. The third-order valence-electron chi connectivity index (χ3n) is 3.93. The molecule has 1 N–H and O–H groups in total. The summed E-state index contributed by atoms with van der Waals surface area (Å²) in [7, 11) is 0. The lowest BCUT2D eigenvalue weighted by molar-refractivity contribution is 0.224. The molecule has 0 atom stereocenters. The lowest BCUT2D eigenvalue weighted by atomic mass is 10.0. The van der Waals surface area contributed by atoms with E-state index in [9.17, 15) is 0 Å². The van der Waals surface area contributed by atoms with Gasteiger partial charge in [-0.15, -0.1) is 0 Å². The molecular formula is C17H28N2. The van der Waals surface area contributed by atoms with Crippen LogP contribution in [-0.4, -0.2) is 30.1 Å². The highest BCUT2D eigenvalue weighted by Gasteiger charge is 2.23. The van der Waals surface area contributed by atoms with Crippen molar-refractivity contribution < 1.29 is 0 Å². The maximum atomic E-state index is 3.62. The lowest BCUT2D eigenvalue weighted by Gasteiger charge is -2.30. The van der Waals surface area contributed by atoms with Gasteiger partial charge in [-0.2, -0.15) is 0 Å². The first-order valence-electron chi connectivity index (χ1n) is 7.52. The van der Waals surface area contributed by atoms with E-state index in [1.54, 1.807) is 0 Å². The lowest BCUT2D eigenvalue weighted by Crippen LogP contribution is -2.46. The van der Waals surface area contributed by atoms with Gasteiger partial charge in [0, 0.05) is 18.6 Å². The molecule has 0 spiro atoms. The minimum atomic E-state index is 0.231. The number of nitrogens with zero attached hydrogens (tertiary/aromatic N) is 1. The molecular weight excluding hydrogens is 232 g/mol. The van der Waals surface area contributed by atoms with E-state index in [4.69, 9.17) is 0 Å². The van der Waals surface area contributed by atoms with E-state index in [0.717, 1.165) is 19.6 Å². The molecule has 106 valence electrons. The quantitative estimate of drug-likeness (QED) is 0.896. The monoisotopic (exact) mass is 260 g/mol. The van der Waals surface area contributed by atoms with Gasteiger partial charge in [0.2, 0.25) is 0 Å². The summed E-state index contributed by atoms with van der Waals surface area (Å²) >= 11 is 0. The Morgan fingerprint density at radius 1 is 1.21 bits per heavy atom. The Hall–Kier alpha value is -0.860. The van der Waals surface area contributed by atoms with Crippen LogP contribution >= 0.6 is 0 Å². The molecule has 1 aliphatic heterocycles. The standard InChI is InChI=1S/C17H28N2/c1-14(2)16-8-6-15(7-9-16)12-19-11-5-10-18-17(3,4)13-19/h6-9,14,18H,5,10-13H2,1-4H3. The van der Waals surface area contributed by atoms with Gasteiger partial charge < -0.3 is 5.32 Å². The summed E-state index contributed by atoms with van der Waals surface area (Å²) in [6.07, 6.45) is 1.24. The van der Waals surface area contributed by atoms with Crippen LogP contribution in [-0.2, 0) is 6.54 Å². The predicted molar refractivity (Wildman–Crippen MR) is 82.5 cm³/mol. The van der Waals surface area contributed by atoms with Crippen LogP contribution in [0.1, 0.15) is 51.2 Å². The van der Waals surface area contributed by atoms with E-state index in [0.29, 0.717) is 5.92 Å². The molecule has 1 aromatic carbocycles. The van der Waals surface area contributed by atoms with E-state index in [2.05, 4.69) is 62.2 Å². The number of rotatable bonds is 3. The molecule has 0 aliphatic carbocycles. The van der Waals surface area contributed by atoms with E-state index in [1.165, 1.54) is 24.1 Å². The summed E-state index contributed by atoms with van der Waals surface area (Å²) in [4.78, 5) is 2.57. The number of hydrogen-bond acceptors (Lipinski definition) is 2. The fourth-order valence-corrected chi connectivity index (χ4v) is 2.82. The van der Waals surface area contributed by atoms with Gasteiger partial charge in [-0.3, -0.25) is 4.90 Å². The molecule has 1 saturated heterocycles. The minimum absolute atomic E-state index is 0.231. The highest BCUT2D eigenvalue weighted by Crippen LogP contribution is 2.17. The first-order valence-corrected chi connectivity index (χ1v) is 7.52. The molecule has 0 aromatic heterocycles.